The number of allylic oxidation sites excluding steroid dienone is 1. The number of piperidine rings is 1. The molecule has 0 N–H and O–H groups in total. The zero-order valence-electron chi connectivity index (χ0n) is 20.7. The molecule has 2 saturated heterocycles. The second-order valence-electron chi connectivity index (χ2n) is 11.9. The minimum Gasteiger partial charge on any atom is -0.444 e. The summed E-state index contributed by atoms with van der Waals surface area (Å²) < 4.78 is 12.1. The summed E-state index contributed by atoms with van der Waals surface area (Å²) in [4.78, 5) is 15.1. The fraction of sp³-hybridized carbons (Fsp3) is 0.889. The van der Waals surface area contributed by atoms with Crippen LogP contribution in [-0.4, -0.2) is 40.9 Å². The van der Waals surface area contributed by atoms with Crippen molar-refractivity contribution in [3.8, 4) is 0 Å². The molecule has 0 aromatic carbocycles. The SMILES string of the molecule is C[C@@H]1O[C@H](C)[C@H]2[C@@H](/C=C/C3CCC[C@@H](C)N3C(=O)OC(C)(C)C)[C@@H]3CCCC[C@H]3C[C@H]21. The van der Waals surface area contributed by atoms with E-state index in [2.05, 4.69) is 32.9 Å². The molecule has 0 aromatic rings. The number of hydrogen-bond donors (Lipinski definition) is 0. The van der Waals surface area contributed by atoms with Crippen molar-refractivity contribution in [2.24, 2.45) is 29.6 Å². The highest BCUT2D eigenvalue weighted by Gasteiger charge is 2.52. The van der Waals surface area contributed by atoms with Crippen molar-refractivity contribution in [3.05, 3.63) is 12.2 Å². The number of rotatable bonds is 2. The van der Waals surface area contributed by atoms with Gasteiger partial charge in [0.2, 0.25) is 0 Å². The fourth-order valence-corrected chi connectivity index (χ4v) is 7.38. The van der Waals surface area contributed by atoms with Crippen LogP contribution in [0.5, 0.6) is 0 Å². The maximum Gasteiger partial charge on any atom is 0.411 e. The van der Waals surface area contributed by atoms with Crippen molar-refractivity contribution in [2.75, 3.05) is 0 Å². The highest BCUT2D eigenvalue weighted by Crippen LogP contribution is 2.54. The van der Waals surface area contributed by atoms with E-state index >= 15 is 0 Å². The van der Waals surface area contributed by atoms with Crippen LogP contribution in [0.4, 0.5) is 4.79 Å². The summed E-state index contributed by atoms with van der Waals surface area (Å²) in [6.07, 6.45) is 15.6. The van der Waals surface area contributed by atoms with Gasteiger partial charge >= 0.3 is 6.09 Å². The van der Waals surface area contributed by atoms with Crippen LogP contribution in [0.15, 0.2) is 12.2 Å². The van der Waals surface area contributed by atoms with Gasteiger partial charge in [-0.3, -0.25) is 4.90 Å². The van der Waals surface area contributed by atoms with Gasteiger partial charge in [-0.05, 0) is 103 Å². The summed E-state index contributed by atoms with van der Waals surface area (Å²) in [5.41, 5.74) is -0.457. The highest BCUT2D eigenvalue weighted by molar-refractivity contribution is 5.69. The van der Waals surface area contributed by atoms with Gasteiger partial charge in [0.15, 0.2) is 0 Å². The Bertz CT molecular complexity index is 668. The largest absolute Gasteiger partial charge is 0.444 e. The lowest BCUT2D eigenvalue weighted by Gasteiger charge is -2.47. The van der Waals surface area contributed by atoms with Crippen LogP contribution in [0.25, 0.3) is 0 Å². The number of carbonyl (C=O) groups is 1. The average Bonchev–Trinajstić information content (AvgIpc) is 2.97. The van der Waals surface area contributed by atoms with Crippen LogP contribution in [0.2, 0.25) is 0 Å². The van der Waals surface area contributed by atoms with Crippen molar-refractivity contribution in [1.29, 1.82) is 0 Å². The molecule has 2 saturated carbocycles. The molecule has 0 radical (unpaired) electrons. The molecule has 2 aliphatic heterocycles. The Kier molecular flexibility index (Phi) is 6.77. The molecule has 4 fully saturated rings. The summed E-state index contributed by atoms with van der Waals surface area (Å²) >= 11 is 0. The quantitative estimate of drug-likeness (QED) is 0.463. The van der Waals surface area contributed by atoms with E-state index < -0.39 is 5.60 Å². The second kappa shape index (κ2) is 9.08. The van der Waals surface area contributed by atoms with E-state index in [4.69, 9.17) is 9.47 Å². The van der Waals surface area contributed by atoms with Gasteiger partial charge in [0.25, 0.3) is 0 Å². The number of nitrogens with zero attached hydrogens (tertiary/aromatic N) is 1. The van der Waals surface area contributed by atoms with Crippen molar-refractivity contribution >= 4 is 6.09 Å². The Balaban J connectivity index is 1.57. The molecule has 176 valence electrons. The Hall–Kier alpha value is -1.03. The third kappa shape index (κ3) is 4.84. The van der Waals surface area contributed by atoms with Crippen LogP contribution < -0.4 is 0 Å². The van der Waals surface area contributed by atoms with Crippen LogP contribution in [-0.2, 0) is 9.47 Å². The van der Waals surface area contributed by atoms with E-state index in [1.54, 1.807) is 0 Å². The first-order valence-electron chi connectivity index (χ1n) is 13.0. The van der Waals surface area contributed by atoms with Crippen molar-refractivity contribution in [3.63, 3.8) is 0 Å². The smallest absolute Gasteiger partial charge is 0.411 e. The predicted molar refractivity (Wildman–Crippen MR) is 125 cm³/mol. The third-order valence-electron chi connectivity index (χ3n) is 8.66. The molecule has 4 heteroatoms. The fourth-order valence-electron chi connectivity index (χ4n) is 7.38. The minimum absolute atomic E-state index is 0.149. The number of fused-ring (bicyclic) bond motifs is 2. The molecule has 0 aromatic heterocycles. The van der Waals surface area contributed by atoms with Gasteiger partial charge < -0.3 is 9.47 Å². The Morgan fingerprint density at radius 1 is 0.935 bits per heavy atom. The Labute approximate surface area is 190 Å². The summed E-state index contributed by atoms with van der Waals surface area (Å²) in [6, 6.07) is 0.379. The van der Waals surface area contributed by atoms with Gasteiger partial charge in [0.05, 0.1) is 18.2 Å². The molecule has 1 unspecified atom stereocenters. The molecule has 4 nitrogen and oxygen atoms in total. The third-order valence-corrected chi connectivity index (χ3v) is 8.66. The molecule has 4 aliphatic rings. The molecule has 1 amide bonds. The van der Waals surface area contributed by atoms with E-state index in [9.17, 15) is 4.79 Å². The summed E-state index contributed by atoms with van der Waals surface area (Å²) in [6.45, 7) is 12.6. The number of amides is 1. The number of ether oxygens (including phenoxy) is 2. The maximum absolute atomic E-state index is 13.0. The molecule has 0 spiro atoms. The lowest BCUT2D eigenvalue weighted by atomic mass is 9.56. The van der Waals surface area contributed by atoms with Crippen molar-refractivity contribution in [1.82, 2.24) is 4.90 Å². The van der Waals surface area contributed by atoms with E-state index in [0.717, 1.165) is 24.7 Å². The van der Waals surface area contributed by atoms with Crippen LogP contribution in [0, 0.1) is 29.6 Å². The van der Waals surface area contributed by atoms with E-state index in [1.165, 1.54) is 38.5 Å². The van der Waals surface area contributed by atoms with Gasteiger partial charge in [0.1, 0.15) is 5.60 Å². The normalized spacial score (nSPS) is 43.5. The molecule has 31 heavy (non-hydrogen) atoms. The van der Waals surface area contributed by atoms with E-state index in [-0.39, 0.29) is 18.2 Å². The van der Waals surface area contributed by atoms with E-state index in [1.807, 2.05) is 25.7 Å². The molecule has 9 atom stereocenters. The second-order valence-corrected chi connectivity index (χ2v) is 11.9. The average molecular weight is 432 g/mol. The van der Waals surface area contributed by atoms with Crippen LogP contribution >= 0.6 is 0 Å². The van der Waals surface area contributed by atoms with Crippen LogP contribution in [0.1, 0.15) is 92.9 Å². The van der Waals surface area contributed by atoms with Gasteiger partial charge in [-0.1, -0.05) is 31.4 Å². The highest BCUT2D eigenvalue weighted by atomic mass is 16.6. The minimum atomic E-state index is -0.457. The zero-order valence-corrected chi connectivity index (χ0v) is 20.7. The summed E-state index contributed by atoms with van der Waals surface area (Å²) in [5, 5.41) is 0. The number of carbonyl (C=O) groups excluding carboxylic acids is 1. The van der Waals surface area contributed by atoms with Gasteiger partial charge in [-0.25, -0.2) is 4.79 Å². The Morgan fingerprint density at radius 2 is 1.68 bits per heavy atom. The van der Waals surface area contributed by atoms with Gasteiger partial charge in [-0.2, -0.15) is 0 Å². The summed E-state index contributed by atoms with van der Waals surface area (Å²) in [7, 11) is 0. The van der Waals surface area contributed by atoms with Crippen molar-refractivity contribution < 1.29 is 14.3 Å². The first-order chi connectivity index (χ1) is 14.7. The molecule has 0 bridgehead atoms. The maximum atomic E-state index is 13.0. The zero-order chi connectivity index (χ0) is 22.3. The van der Waals surface area contributed by atoms with Gasteiger partial charge in [0, 0.05) is 6.04 Å². The monoisotopic (exact) mass is 431 g/mol. The molecular weight excluding hydrogens is 386 g/mol. The first-order valence-corrected chi connectivity index (χ1v) is 13.0. The van der Waals surface area contributed by atoms with Crippen LogP contribution in [0.3, 0.4) is 0 Å². The molecular formula is C27H45NO3. The topological polar surface area (TPSA) is 38.8 Å². The lowest BCUT2D eigenvalue weighted by molar-refractivity contribution is 0.00307. The molecule has 4 rings (SSSR count). The Morgan fingerprint density at radius 3 is 2.42 bits per heavy atom. The lowest BCUT2D eigenvalue weighted by Crippen LogP contribution is -2.50. The van der Waals surface area contributed by atoms with E-state index in [0.29, 0.717) is 30.0 Å². The summed E-state index contributed by atoms with van der Waals surface area (Å²) in [5.74, 6) is 3.55. The van der Waals surface area contributed by atoms with Crippen molar-refractivity contribution in [2.45, 2.75) is 123 Å². The number of hydrogen-bond acceptors (Lipinski definition) is 3. The molecule has 2 aliphatic carbocycles. The molecule has 2 heterocycles. The predicted octanol–water partition coefficient (Wildman–Crippen LogP) is 6.59. The first kappa shape index (κ1) is 23.1. The standard InChI is InChI=1S/C27H45NO3/c1-17-10-9-12-21(28(17)26(29)31-27(4,5)6)14-15-23-22-13-8-7-11-20(22)16-24-18(2)30-19(3)25(23)24/h14-15,17-25H,7-13,16H2,1-6H3/b15-14+/t17-,18+,19-,20+,21?,22-,23+,24+,25+/m1/s1. The van der Waals surface area contributed by atoms with Gasteiger partial charge in [-0.15, -0.1) is 0 Å². The number of likely N-dealkylation sites (tertiary alicyclic amines) is 1.